The number of hydrogen-bond acceptors (Lipinski definition) is 0. The number of aliphatic imine (C=N–C) groups is 1. The molecule has 5 nitrogen and oxygen atoms in total. The fourth-order valence-corrected chi connectivity index (χ4v) is 4.19. The molecule has 0 bridgehead atoms. The third-order valence-electron chi connectivity index (χ3n) is 6.87. The van der Waals surface area contributed by atoms with Crippen LogP contribution in [-0.2, 0) is 21.7 Å². The van der Waals surface area contributed by atoms with Crippen LogP contribution in [0.1, 0.15) is 105 Å². The maximum absolute atomic E-state index is 5.10. The molecule has 2 aromatic carbocycles. The molecule has 39 heavy (non-hydrogen) atoms. The van der Waals surface area contributed by atoms with E-state index in [2.05, 4.69) is 130 Å². The van der Waals surface area contributed by atoms with Crippen molar-refractivity contribution in [2.24, 2.45) is 4.99 Å². The molecule has 5 heteroatoms. The van der Waals surface area contributed by atoms with Crippen molar-refractivity contribution in [3.05, 3.63) is 58.7 Å². The molecule has 2 rings (SSSR count). The number of nitrogens with one attached hydrogen (secondary N) is 2. The lowest BCUT2D eigenvalue weighted by molar-refractivity contribution is -0.470. The molecule has 0 aliphatic heterocycles. The van der Waals surface area contributed by atoms with E-state index in [1.807, 2.05) is 37.7 Å². The number of rotatable bonds is 2. The van der Waals surface area contributed by atoms with Gasteiger partial charge in [0.05, 0.1) is 28.2 Å². The van der Waals surface area contributed by atoms with Gasteiger partial charge in [-0.2, -0.15) is 0 Å². The molecule has 0 atom stereocenters. The Labute approximate surface area is 239 Å². The van der Waals surface area contributed by atoms with Gasteiger partial charge in [0, 0.05) is 11.4 Å². The molecular weight excluding hydrogens is 478 g/mol. The number of anilines is 2. The summed E-state index contributed by atoms with van der Waals surface area (Å²) in [5.41, 5.74) is 7.34. The average molecular weight is 535 g/mol. The second-order valence-electron chi connectivity index (χ2n) is 15.4. The minimum absolute atomic E-state index is 0.0234. The SMILES string of the molecule is CN(C)C(N=C(Nc1cc(C(C)(C)C)cc(C(C)(C)C)c1)Nc1cc(C(C)(C)C)cc(C(C)(C)C)c1)=[N+](C)C. The normalized spacial score (nSPS) is 12.6. The van der Waals surface area contributed by atoms with Crippen LogP contribution in [0.5, 0.6) is 0 Å². The van der Waals surface area contributed by atoms with Gasteiger partial charge in [-0.3, -0.25) is 9.48 Å². The molecule has 2 N–H and O–H groups in total. The van der Waals surface area contributed by atoms with Gasteiger partial charge in [0.25, 0.3) is 5.96 Å². The fourth-order valence-electron chi connectivity index (χ4n) is 4.19. The summed E-state index contributed by atoms with van der Waals surface area (Å²) >= 11 is 0. The third kappa shape index (κ3) is 9.12. The van der Waals surface area contributed by atoms with E-state index in [1.165, 1.54) is 22.3 Å². The van der Waals surface area contributed by atoms with E-state index in [9.17, 15) is 0 Å². The summed E-state index contributed by atoms with van der Waals surface area (Å²) in [6.45, 7) is 27.2. The molecular formula is C34H56N5+. The Balaban J connectivity index is 2.75. The van der Waals surface area contributed by atoms with Crippen LogP contribution >= 0.6 is 0 Å². The van der Waals surface area contributed by atoms with Crippen molar-refractivity contribution in [2.45, 2.75) is 105 Å². The Kier molecular flexibility index (Phi) is 9.43. The van der Waals surface area contributed by atoms with Crippen LogP contribution in [0.25, 0.3) is 0 Å². The number of benzene rings is 2. The topological polar surface area (TPSA) is 42.7 Å². The number of nitrogens with zero attached hydrogens (tertiary/aromatic N) is 3. The van der Waals surface area contributed by atoms with Gasteiger partial charge in [-0.05, 0) is 73.2 Å². The van der Waals surface area contributed by atoms with Crippen LogP contribution < -0.4 is 10.6 Å². The van der Waals surface area contributed by atoms with E-state index in [0.717, 1.165) is 17.3 Å². The van der Waals surface area contributed by atoms with Crippen molar-refractivity contribution in [3.8, 4) is 0 Å². The Morgan fingerprint density at radius 2 is 0.846 bits per heavy atom. The Bertz CT molecular complexity index is 1070. The minimum Gasteiger partial charge on any atom is -0.311 e. The van der Waals surface area contributed by atoms with Gasteiger partial charge in [-0.25, -0.2) is 0 Å². The van der Waals surface area contributed by atoms with Crippen LogP contribution in [0.2, 0.25) is 0 Å². The van der Waals surface area contributed by atoms with Crippen molar-refractivity contribution < 1.29 is 4.58 Å². The van der Waals surface area contributed by atoms with E-state index in [-0.39, 0.29) is 21.7 Å². The highest BCUT2D eigenvalue weighted by Crippen LogP contribution is 2.34. The highest BCUT2D eigenvalue weighted by molar-refractivity contribution is 6.08. The lowest BCUT2D eigenvalue weighted by Gasteiger charge is -2.27. The smallest absolute Gasteiger partial charge is 0.311 e. The maximum Gasteiger partial charge on any atom is 0.392 e. The standard InChI is InChI=1S/C34H55N5/c1-31(2,3)23-17-24(32(4,5)6)20-27(19-23)35-29(37-30(38(13)14)39(15)16)36-28-21-25(33(7,8)9)18-26(22-28)34(10,11)12/h17-22H,1-16H3,(H,35,36)/p+1. The van der Waals surface area contributed by atoms with Crippen molar-refractivity contribution in [1.29, 1.82) is 0 Å². The molecule has 0 amide bonds. The van der Waals surface area contributed by atoms with Crippen LogP contribution in [0, 0.1) is 0 Å². The van der Waals surface area contributed by atoms with Crippen LogP contribution in [0.3, 0.4) is 0 Å². The summed E-state index contributed by atoms with van der Waals surface area (Å²) in [6.07, 6.45) is 0. The Morgan fingerprint density at radius 3 is 1.05 bits per heavy atom. The predicted octanol–water partition coefficient (Wildman–Crippen LogP) is 7.95. The number of hydrogen-bond donors (Lipinski definition) is 2. The Hall–Kier alpha value is -2.82. The molecule has 0 aromatic heterocycles. The van der Waals surface area contributed by atoms with E-state index in [4.69, 9.17) is 4.99 Å². The molecule has 0 aliphatic carbocycles. The van der Waals surface area contributed by atoms with Crippen molar-refractivity contribution in [2.75, 3.05) is 38.8 Å². The maximum atomic E-state index is 5.10. The third-order valence-corrected chi connectivity index (χ3v) is 6.87. The van der Waals surface area contributed by atoms with Crippen molar-refractivity contribution in [3.63, 3.8) is 0 Å². The lowest BCUT2D eigenvalue weighted by atomic mass is 9.80. The average Bonchev–Trinajstić information content (AvgIpc) is 2.74. The van der Waals surface area contributed by atoms with Gasteiger partial charge in [0.1, 0.15) is 0 Å². The molecule has 216 valence electrons. The second kappa shape index (κ2) is 11.3. The molecule has 0 radical (unpaired) electrons. The van der Waals surface area contributed by atoms with E-state index in [0.29, 0.717) is 5.96 Å². The molecule has 0 aliphatic rings. The first kappa shape index (κ1) is 32.4. The monoisotopic (exact) mass is 534 g/mol. The summed E-state index contributed by atoms with van der Waals surface area (Å²) in [4.78, 5) is 7.13. The highest BCUT2D eigenvalue weighted by Gasteiger charge is 2.24. The van der Waals surface area contributed by atoms with Gasteiger partial charge in [-0.15, -0.1) is 0 Å². The molecule has 2 aromatic rings. The zero-order chi connectivity index (χ0) is 30.1. The Morgan fingerprint density at radius 1 is 0.564 bits per heavy atom. The van der Waals surface area contributed by atoms with Gasteiger partial charge in [0.15, 0.2) is 0 Å². The van der Waals surface area contributed by atoms with Crippen LogP contribution in [0.15, 0.2) is 41.4 Å². The molecule has 0 spiro atoms. The molecule has 0 saturated carbocycles. The van der Waals surface area contributed by atoms with Gasteiger partial charge in [-0.1, -0.05) is 95.2 Å². The summed E-state index contributed by atoms with van der Waals surface area (Å²) in [5.74, 6) is 1.53. The van der Waals surface area contributed by atoms with E-state index >= 15 is 0 Å². The van der Waals surface area contributed by atoms with E-state index in [1.54, 1.807) is 0 Å². The second-order valence-corrected chi connectivity index (χ2v) is 15.4. The van der Waals surface area contributed by atoms with Crippen LogP contribution in [0.4, 0.5) is 11.4 Å². The quantitative estimate of drug-likeness (QED) is 0.233. The first-order chi connectivity index (χ1) is 17.5. The van der Waals surface area contributed by atoms with Crippen LogP contribution in [-0.4, -0.2) is 49.6 Å². The summed E-state index contributed by atoms with van der Waals surface area (Å²) in [5, 5.41) is 7.35. The van der Waals surface area contributed by atoms with Gasteiger partial charge in [0.2, 0.25) is 0 Å². The summed E-state index contributed by atoms with van der Waals surface area (Å²) in [7, 11) is 8.08. The van der Waals surface area contributed by atoms with Crippen molar-refractivity contribution in [1.82, 2.24) is 4.90 Å². The molecule has 0 unspecified atom stereocenters. The van der Waals surface area contributed by atoms with Crippen molar-refractivity contribution >= 4 is 23.3 Å². The lowest BCUT2D eigenvalue weighted by Crippen LogP contribution is -2.33. The first-order valence-corrected chi connectivity index (χ1v) is 14.1. The van der Waals surface area contributed by atoms with Gasteiger partial charge >= 0.3 is 5.96 Å². The first-order valence-electron chi connectivity index (χ1n) is 14.1. The minimum atomic E-state index is 0.0234. The molecule has 0 fully saturated rings. The van der Waals surface area contributed by atoms with Gasteiger partial charge < -0.3 is 10.6 Å². The number of guanidine groups is 2. The zero-order valence-electron chi connectivity index (χ0n) is 27.8. The molecule has 0 heterocycles. The fraction of sp³-hybridized carbons (Fsp3) is 0.588. The zero-order valence-corrected chi connectivity index (χ0v) is 27.8. The summed E-state index contributed by atoms with van der Waals surface area (Å²) in [6, 6.07) is 13.7. The largest absolute Gasteiger partial charge is 0.392 e. The molecule has 0 saturated heterocycles. The predicted molar refractivity (Wildman–Crippen MR) is 173 cm³/mol. The van der Waals surface area contributed by atoms with E-state index < -0.39 is 0 Å². The summed E-state index contributed by atoms with van der Waals surface area (Å²) < 4.78 is 2.03. The highest BCUT2D eigenvalue weighted by atomic mass is 15.3.